The second-order valence-corrected chi connectivity index (χ2v) is 6.56. The minimum absolute atomic E-state index is 0.0150. The number of fused-ring (bicyclic) bond motifs is 1. The van der Waals surface area contributed by atoms with Gasteiger partial charge in [0.05, 0.1) is 29.9 Å². The first-order valence-corrected chi connectivity index (χ1v) is 8.79. The maximum atomic E-state index is 12.6. The molecule has 0 radical (unpaired) electrons. The lowest BCUT2D eigenvalue weighted by Gasteiger charge is -2.23. The van der Waals surface area contributed by atoms with Gasteiger partial charge in [-0.05, 0) is 43.7 Å². The van der Waals surface area contributed by atoms with Crippen molar-refractivity contribution in [1.82, 2.24) is 14.6 Å². The number of nitrogens with zero attached hydrogens (tertiary/aromatic N) is 3. The lowest BCUT2D eigenvalue weighted by molar-refractivity contribution is -0.125. The molecule has 0 saturated carbocycles. The fourth-order valence-corrected chi connectivity index (χ4v) is 3.66. The van der Waals surface area contributed by atoms with Crippen LogP contribution in [-0.4, -0.2) is 27.8 Å². The van der Waals surface area contributed by atoms with Crippen molar-refractivity contribution in [3.8, 4) is 6.07 Å². The molecule has 1 unspecified atom stereocenters. The van der Waals surface area contributed by atoms with E-state index in [0.717, 1.165) is 36.2 Å². The van der Waals surface area contributed by atoms with E-state index >= 15 is 0 Å². The molecule has 6 nitrogen and oxygen atoms in total. The molecule has 4 rings (SSSR count). The Morgan fingerprint density at radius 1 is 1.35 bits per heavy atom. The number of nitriles is 1. The van der Waals surface area contributed by atoms with E-state index in [0.29, 0.717) is 18.7 Å². The largest absolute Gasteiger partial charge is 0.467 e. The highest BCUT2D eigenvalue weighted by molar-refractivity contribution is 5.82. The Bertz CT molecular complexity index is 952. The second-order valence-electron chi connectivity index (χ2n) is 6.56. The van der Waals surface area contributed by atoms with Crippen molar-refractivity contribution in [2.75, 3.05) is 6.54 Å². The molecule has 0 spiro atoms. The average molecular weight is 348 g/mol. The number of hydrogen-bond donors (Lipinski definition) is 1. The van der Waals surface area contributed by atoms with Crippen molar-refractivity contribution in [3.05, 3.63) is 65.9 Å². The summed E-state index contributed by atoms with van der Waals surface area (Å²) in [6.07, 6.45) is 7.35. The van der Waals surface area contributed by atoms with E-state index in [1.807, 2.05) is 47.1 Å². The summed E-state index contributed by atoms with van der Waals surface area (Å²) in [5.74, 6) is 0.759. The van der Waals surface area contributed by atoms with E-state index in [2.05, 4.69) is 16.3 Å². The SMILES string of the molecule is N#Cc1c(CN2CCCC2C(=O)NCc2ccco2)cn2ccccc12. The van der Waals surface area contributed by atoms with Crippen LogP contribution in [-0.2, 0) is 17.9 Å². The minimum atomic E-state index is -0.167. The van der Waals surface area contributed by atoms with Gasteiger partial charge in [-0.3, -0.25) is 9.69 Å². The van der Waals surface area contributed by atoms with Crippen LogP contribution in [0.2, 0.25) is 0 Å². The van der Waals surface area contributed by atoms with Gasteiger partial charge in [0.15, 0.2) is 0 Å². The summed E-state index contributed by atoms with van der Waals surface area (Å²) in [5.41, 5.74) is 2.56. The molecular formula is C20H20N4O2. The van der Waals surface area contributed by atoms with Gasteiger partial charge in [-0.25, -0.2) is 0 Å². The highest BCUT2D eigenvalue weighted by atomic mass is 16.3. The summed E-state index contributed by atoms with van der Waals surface area (Å²) < 4.78 is 7.23. The number of nitrogens with one attached hydrogen (secondary N) is 1. The third kappa shape index (κ3) is 3.09. The van der Waals surface area contributed by atoms with Crippen molar-refractivity contribution in [1.29, 1.82) is 5.26 Å². The fourth-order valence-electron chi connectivity index (χ4n) is 3.66. The molecule has 26 heavy (non-hydrogen) atoms. The van der Waals surface area contributed by atoms with Crippen LogP contribution in [0.3, 0.4) is 0 Å². The van der Waals surface area contributed by atoms with Crippen molar-refractivity contribution >= 4 is 11.4 Å². The highest BCUT2D eigenvalue weighted by Gasteiger charge is 2.31. The Hall–Kier alpha value is -3.04. The van der Waals surface area contributed by atoms with Crippen LogP contribution in [0.5, 0.6) is 0 Å². The molecule has 6 heteroatoms. The minimum Gasteiger partial charge on any atom is -0.467 e. The number of aromatic nitrogens is 1. The standard InChI is InChI=1S/C20H20N4O2/c21-11-17-15(13-23-8-2-1-6-18(17)23)14-24-9-3-7-19(24)20(25)22-12-16-5-4-10-26-16/h1-2,4-6,8,10,13,19H,3,7,9,12,14H2,(H,22,25). The van der Waals surface area contributed by atoms with Crippen LogP contribution in [0.4, 0.5) is 0 Å². The van der Waals surface area contributed by atoms with E-state index in [1.165, 1.54) is 0 Å². The number of rotatable bonds is 5. The maximum Gasteiger partial charge on any atom is 0.237 e. The molecule has 132 valence electrons. The Labute approximate surface area is 151 Å². The van der Waals surface area contributed by atoms with Gasteiger partial charge in [0.25, 0.3) is 0 Å². The normalized spacial score (nSPS) is 17.4. The quantitative estimate of drug-likeness (QED) is 0.769. The third-order valence-corrected chi connectivity index (χ3v) is 4.93. The first kappa shape index (κ1) is 16.4. The maximum absolute atomic E-state index is 12.6. The Kier molecular flexibility index (Phi) is 4.46. The van der Waals surface area contributed by atoms with Gasteiger partial charge in [0, 0.05) is 24.5 Å². The summed E-state index contributed by atoms with van der Waals surface area (Å²) >= 11 is 0. The van der Waals surface area contributed by atoms with E-state index < -0.39 is 0 Å². The van der Waals surface area contributed by atoms with Gasteiger partial charge in [0.2, 0.25) is 5.91 Å². The zero-order chi connectivity index (χ0) is 17.9. The first-order chi connectivity index (χ1) is 12.8. The lowest BCUT2D eigenvalue weighted by Crippen LogP contribution is -2.42. The Balaban J connectivity index is 1.49. The van der Waals surface area contributed by atoms with Gasteiger partial charge < -0.3 is 14.1 Å². The number of carbonyl (C=O) groups excluding carboxylic acids is 1. The summed E-state index contributed by atoms with van der Waals surface area (Å²) in [4.78, 5) is 14.8. The van der Waals surface area contributed by atoms with E-state index in [-0.39, 0.29) is 11.9 Å². The van der Waals surface area contributed by atoms with Gasteiger partial charge in [0.1, 0.15) is 11.8 Å². The summed E-state index contributed by atoms with van der Waals surface area (Å²) in [6, 6.07) is 11.6. The summed E-state index contributed by atoms with van der Waals surface area (Å²) in [5, 5.41) is 12.5. The highest BCUT2D eigenvalue weighted by Crippen LogP contribution is 2.24. The Morgan fingerprint density at radius 2 is 2.27 bits per heavy atom. The predicted octanol–water partition coefficient (Wildman–Crippen LogP) is 2.68. The molecule has 0 aliphatic carbocycles. The molecule has 1 aliphatic rings. The molecule has 1 N–H and O–H groups in total. The van der Waals surface area contributed by atoms with Gasteiger partial charge in [-0.15, -0.1) is 0 Å². The number of furan rings is 1. The van der Waals surface area contributed by atoms with Crippen LogP contribution in [0.25, 0.3) is 5.52 Å². The fraction of sp³-hybridized carbons (Fsp3) is 0.300. The smallest absolute Gasteiger partial charge is 0.237 e. The third-order valence-electron chi connectivity index (χ3n) is 4.93. The Morgan fingerprint density at radius 3 is 3.08 bits per heavy atom. The number of carbonyl (C=O) groups is 1. The monoisotopic (exact) mass is 348 g/mol. The predicted molar refractivity (Wildman–Crippen MR) is 96.1 cm³/mol. The number of amides is 1. The van der Waals surface area contributed by atoms with Crippen molar-refractivity contribution in [2.45, 2.75) is 32.0 Å². The van der Waals surface area contributed by atoms with Crippen molar-refractivity contribution < 1.29 is 9.21 Å². The van der Waals surface area contributed by atoms with Crippen LogP contribution in [0.15, 0.2) is 53.4 Å². The average Bonchev–Trinajstić information content (AvgIpc) is 3.39. The van der Waals surface area contributed by atoms with Crippen molar-refractivity contribution in [2.24, 2.45) is 0 Å². The van der Waals surface area contributed by atoms with Gasteiger partial charge in [-0.1, -0.05) is 6.07 Å². The zero-order valence-electron chi connectivity index (χ0n) is 14.4. The molecule has 3 aromatic rings. The van der Waals surface area contributed by atoms with Crippen LogP contribution < -0.4 is 5.32 Å². The van der Waals surface area contributed by atoms with E-state index in [1.54, 1.807) is 6.26 Å². The van der Waals surface area contributed by atoms with E-state index in [4.69, 9.17) is 4.42 Å². The van der Waals surface area contributed by atoms with E-state index in [9.17, 15) is 10.1 Å². The molecule has 1 fully saturated rings. The second kappa shape index (κ2) is 7.06. The zero-order valence-corrected chi connectivity index (χ0v) is 14.4. The van der Waals surface area contributed by atoms with Crippen LogP contribution in [0, 0.1) is 11.3 Å². The van der Waals surface area contributed by atoms with Gasteiger partial charge in [-0.2, -0.15) is 5.26 Å². The first-order valence-electron chi connectivity index (χ1n) is 8.79. The molecule has 4 heterocycles. The number of pyridine rings is 1. The topological polar surface area (TPSA) is 73.7 Å². The van der Waals surface area contributed by atoms with Crippen LogP contribution in [0.1, 0.15) is 29.7 Å². The summed E-state index contributed by atoms with van der Waals surface area (Å²) in [7, 11) is 0. The molecular weight excluding hydrogens is 328 g/mol. The molecule has 1 saturated heterocycles. The number of hydrogen-bond acceptors (Lipinski definition) is 4. The molecule has 0 bridgehead atoms. The van der Waals surface area contributed by atoms with Crippen molar-refractivity contribution in [3.63, 3.8) is 0 Å². The number of likely N-dealkylation sites (tertiary alicyclic amines) is 1. The molecule has 1 atom stereocenters. The molecule has 3 aromatic heterocycles. The molecule has 1 aliphatic heterocycles. The molecule has 0 aromatic carbocycles. The van der Waals surface area contributed by atoms with Crippen LogP contribution >= 0.6 is 0 Å². The summed E-state index contributed by atoms with van der Waals surface area (Å²) in [6.45, 7) is 1.86. The molecule has 1 amide bonds. The lowest BCUT2D eigenvalue weighted by atomic mass is 10.1. The van der Waals surface area contributed by atoms with Gasteiger partial charge >= 0.3 is 0 Å².